The number of unbranched alkanes of at least 4 members (excludes halogenated alkanes) is 1. The van der Waals surface area contributed by atoms with Gasteiger partial charge in [0.05, 0.1) is 23.0 Å². The van der Waals surface area contributed by atoms with Gasteiger partial charge in [-0.2, -0.15) is 0 Å². The SMILES string of the molecule is CCC/C=c1\sc2n(c1=O)C(C)=C(C(=O)OCC)[C@@H](c1ccco1)N=2. The van der Waals surface area contributed by atoms with Gasteiger partial charge < -0.3 is 9.15 Å². The molecule has 0 aliphatic carbocycles. The summed E-state index contributed by atoms with van der Waals surface area (Å²) in [6.45, 7) is 5.80. The number of carbonyl (C=O) groups excluding carboxylic acids is 1. The molecule has 3 rings (SSSR count). The van der Waals surface area contributed by atoms with E-state index < -0.39 is 12.0 Å². The number of fused-ring (bicyclic) bond motifs is 1. The number of furan rings is 1. The van der Waals surface area contributed by atoms with Crippen LogP contribution in [0.5, 0.6) is 0 Å². The second-order valence-electron chi connectivity index (χ2n) is 5.65. The first-order valence-electron chi connectivity index (χ1n) is 8.30. The van der Waals surface area contributed by atoms with Crippen LogP contribution in [0.2, 0.25) is 0 Å². The van der Waals surface area contributed by atoms with Gasteiger partial charge in [-0.25, -0.2) is 9.79 Å². The smallest absolute Gasteiger partial charge is 0.338 e. The molecule has 2 aromatic heterocycles. The van der Waals surface area contributed by atoms with Crippen LogP contribution in [-0.2, 0) is 9.53 Å². The van der Waals surface area contributed by atoms with Crippen LogP contribution in [0.25, 0.3) is 11.8 Å². The van der Waals surface area contributed by atoms with Crippen LogP contribution >= 0.6 is 11.3 Å². The molecule has 3 heterocycles. The maximum Gasteiger partial charge on any atom is 0.338 e. The average Bonchev–Trinajstić information content (AvgIpc) is 3.21. The number of allylic oxidation sites excluding steroid dienone is 1. The fourth-order valence-corrected chi connectivity index (χ4v) is 3.83. The van der Waals surface area contributed by atoms with E-state index in [0.717, 1.165) is 12.8 Å². The Labute approximate surface area is 148 Å². The fraction of sp³-hybridized carbons (Fsp3) is 0.389. The lowest BCUT2D eigenvalue weighted by molar-refractivity contribution is -0.138. The summed E-state index contributed by atoms with van der Waals surface area (Å²) in [7, 11) is 0. The topological polar surface area (TPSA) is 73.8 Å². The lowest BCUT2D eigenvalue weighted by atomic mass is 10.0. The van der Waals surface area contributed by atoms with Crippen molar-refractivity contribution in [1.82, 2.24) is 4.57 Å². The third-order valence-electron chi connectivity index (χ3n) is 3.97. The van der Waals surface area contributed by atoms with Crippen molar-refractivity contribution in [3.05, 3.63) is 49.4 Å². The molecular formula is C18H20N2O4S. The molecule has 0 saturated heterocycles. The van der Waals surface area contributed by atoms with E-state index >= 15 is 0 Å². The monoisotopic (exact) mass is 360 g/mol. The molecule has 0 fully saturated rings. The second-order valence-corrected chi connectivity index (χ2v) is 6.66. The van der Waals surface area contributed by atoms with Gasteiger partial charge in [0.15, 0.2) is 4.80 Å². The Morgan fingerprint density at radius 3 is 2.92 bits per heavy atom. The van der Waals surface area contributed by atoms with E-state index in [1.54, 1.807) is 32.2 Å². The largest absolute Gasteiger partial charge is 0.467 e. The van der Waals surface area contributed by atoms with Gasteiger partial charge in [0.1, 0.15) is 11.8 Å². The Balaban J connectivity index is 2.25. The minimum Gasteiger partial charge on any atom is -0.467 e. The van der Waals surface area contributed by atoms with Crippen molar-refractivity contribution in [2.75, 3.05) is 6.61 Å². The molecule has 0 N–H and O–H groups in total. The number of ether oxygens (including phenoxy) is 1. The molecule has 1 atom stereocenters. The lowest BCUT2D eigenvalue weighted by Crippen LogP contribution is -2.35. The van der Waals surface area contributed by atoms with Crippen molar-refractivity contribution in [3.8, 4) is 0 Å². The van der Waals surface area contributed by atoms with Crippen LogP contribution in [0.15, 0.2) is 38.2 Å². The highest BCUT2D eigenvalue weighted by Gasteiger charge is 2.32. The molecule has 0 bridgehead atoms. The predicted octanol–water partition coefficient (Wildman–Crippen LogP) is 2.25. The van der Waals surface area contributed by atoms with Crippen LogP contribution < -0.4 is 14.9 Å². The maximum atomic E-state index is 12.7. The van der Waals surface area contributed by atoms with Crippen LogP contribution in [-0.4, -0.2) is 17.1 Å². The van der Waals surface area contributed by atoms with E-state index in [1.807, 2.05) is 6.08 Å². The van der Waals surface area contributed by atoms with Gasteiger partial charge >= 0.3 is 5.97 Å². The van der Waals surface area contributed by atoms with E-state index in [4.69, 9.17) is 9.15 Å². The average molecular weight is 360 g/mol. The third kappa shape index (κ3) is 3.11. The molecule has 1 aliphatic rings. The summed E-state index contributed by atoms with van der Waals surface area (Å²) in [6, 6.07) is 2.91. The molecule has 0 saturated carbocycles. The predicted molar refractivity (Wildman–Crippen MR) is 95.7 cm³/mol. The van der Waals surface area contributed by atoms with Gasteiger partial charge in [0.2, 0.25) is 0 Å². The lowest BCUT2D eigenvalue weighted by Gasteiger charge is -2.20. The van der Waals surface area contributed by atoms with Crippen LogP contribution in [0.4, 0.5) is 0 Å². The molecule has 0 radical (unpaired) electrons. The zero-order valence-electron chi connectivity index (χ0n) is 14.4. The molecule has 0 aromatic carbocycles. The van der Waals surface area contributed by atoms with E-state index in [2.05, 4.69) is 11.9 Å². The minimum atomic E-state index is -0.605. The molecule has 1 aliphatic heterocycles. The minimum absolute atomic E-state index is 0.144. The van der Waals surface area contributed by atoms with E-state index in [9.17, 15) is 9.59 Å². The first-order chi connectivity index (χ1) is 12.1. The van der Waals surface area contributed by atoms with Crippen molar-refractivity contribution in [2.45, 2.75) is 39.7 Å². The standard InChI is InChI=1S/C18H20N2O4S/c1-4-6-9-13-16(21)20-11(3)14(17(22)23-5-2)15(19-18(20)25-13)12-8-7-10-24-12/h7-10,15H,4-6H2,1-3H3/b13-9-/t15-/m1/s1. The van der Waals surface area contributed by atoms with Gasteiger partial charge in [-0.3, -0.25) is 9.36 Å². The second kappa shape index (κ2) is 7.23. The number of hydrogen-bond donors (Lipinski definition) is 0. The fourth-order valence-electron chi connectivity index (χ4n) is 2.78. The van der Waals surface area contributed by atoms with E-state index in [1.165, 1.54) is 15.9 Å². The maximum absolute atomic E-state index is 12.7. The Morgan fingerprint density at radius 1 is 1.48 bits per heavy atom. The van der Waals surface area contributed by atoms with Gasteiger partial charge in [-0.1, -0.05) is 30.8 Å². The van der Waals surface area contributed by atoms with E-state index in [0.29, 0.717) is 26.4 Å². The first kappa shape index (κ1) is 17.4. The summed E-state index contributed by atoms with van der Waals surface area (Å²) in [5, 5.41) is 0. The Kier molecular flexibility index (Phi) is 5.03. The molecule has 6 nitrogen and oxygen atoms in total. The molecular weight excluding hydrogens is 340 g/mol. The zero-order chi connectivity index (χ0) is 18.0. The van der Waals surface area contributed by atoms with Gasteiger partial charge in [-0.05, 0) is 32.4 Å². The summed E-state index contributed by atoms with van der Waals surface area (Å²) < 4.78 is 12.8. The summed E-state index contributed by atoms with van der Waals surface area (Å²) in [5.41, 5.74) is 0.739. The Hall–Kier alpha value is -2.41. The van der Waals surface area contributed by atoms with Gasteiger partial charge in [0.25, 0.3) is 5.56 Å². The van der Waals surface area contributed by atoms with Crippen molar-refractivity contribution >= 4 is 29.1 Å². The van der Waals surface area contributed by atoms with Crippen molar-refractivity contribution in [2.24, 2.45) is 4.99 Å². The molecule has 7 heteroatoms. The number of esters is 1. The highest BCUT2D eigenvalue weighted by Crippen LogP contribution is 2.32. The number of thiazole rings is 1. The number of aromatic nitrogens is 1. The summed E-state index contributed by atoms with van der Waals surface area (Å²) >= 11 is 1.33. The number of carbonyl (C=O) groups is 1. The molecule has 25 heavy (non-hydrogen) atoms. The number of rotatable bonds is 5. The summed E-state index contributed by atoms with van der Waals surface area (Å²) in [4.78, 5) is 30.4. The number of nitrogens with zero attached hydrogens (tertiary/aromatic N) is 2. The third-order valence-corrected chi connectivity index (χ3v) is 5.00. The van der Waals surface area contributed by atoms with E-state index in [-0.39, 0.29) is 12.2 Å². The molecule has 132 valence electrons. The van der Waals surface area contributed by atoms with Crippen molar-refractivity contribution in [1.29, 1.82) is 0 Å². The normalized spacial score (nSPS) is 17.4. The highest BCUT2D eigenvalue weighted by molar-refractivity contribution is 7.07. The zero-order valence-corrected chi connectivity index (χ0v) is 15.3. The highest BCUT2D eigenvalue weighted by atomic mass is 32.1. The molecule has 2 aromatic rings. The quantitative estimate of drug-likeness (QED) is 0.767. The molecule has 0 spiro atoms. The van der Waals surface area contributed by atoms with Crippen molar-refractivity contribution < 1.29 is 13.9 Å². The summed E-state index contributed by atoms with van der Waals surface area (Å²) in [6.07, 6.45) is 5.25. The van der Waals surface area contributed by atoms with Gasteiger partial charge in [0, 0.05) is 5.70 Å². The number of hydrogen-bond acceptors (Lipinski definition) is 6. The first-order valence-corrected chi connectivity index (χ1v) is 9.11. The van der Waals surface area contributed by atoms with Crippen LogP contribution in [0.3, 0.4) is 0 Å². The molecule has 0 unspecified atom stereocenters. The van der Waals surface area contributed by atoms with Crippen LogP contribution in [0.1, 0.15) is 45.4 Å². The van der Waals surface area contributed by atoms with Gasteiger partial charge in [-0.15, -0.1) is 0 Å². The summed E-state index contributed by atoms with van der Waals surface area (Å²) in [5.74, 6) is 0.0709. The van der Waals surface area contributed by atoms with Crippen LogP contribution in [0, 0.1) is 0 Å². The van der Waals surface area contributed by atoms with Crippen molar-refractivity contribution in [3.63, 3.8) is 0 Å². The Bertz CT molecular complexity index is 979. The molecule has 0 amide bonds. The Morgan fingerprint density at radius 2 is 2.28 bits per heavy atom.